The third-order valence-corrected chi connectivity index (χ3v) is 2.64. The van der Waals surface area contributed by atoms with Crippen LogP contribution in [0.5, 0.6) is 0 Å². The third kappa shape index (κ3) is 36.0. The topological polar surface area (TPSA) is 0 Å². The Hall–Kier alpha value is -0.260. The Kier molecular flexibility index (Phi) is 44.0. The van der Waals surface area contributed by atoms with Gasteiger partial charge in [0.25, 0.3) is 0 Å². The first-order valence-electron chi connectivity index (χ1n) is 8.19. The lowest BCUT2D eigenvalue weighted by atomic mass is 9.94. The second-order valence-corrected chi connectivity index (χ2v) is 4.32. The van der Waals surface area contributed by atoms with Crippen molar-refractivity contribution in [1.29, 1.82) is 0 Å². The first-order chi connectivity index (χ1) is 8.62. The van der Waals surface area contributed by atoms with Crippen LogP contribution in [0.4, 0.5) is 0 Å². The normalized spacial score (nSPS) is 9.11. The van der Waals surface area contributed by atoms with Crippen LogP contribution < -0.4 is 0 Å². The van der Waals surface area contributed by atoms with Crippen LogP contribution in [0.2, 0.25) is 0 Å². The average Bonchev–Trinajstić information content (AvgIpc) is 2.44. The quantitative estimate of drug-likeness (QED) is 0.448. The van der Waals surface area contributed by atoms with E-state index >= 15 is 0 Å². The van der Waals surface area contributed by atoms with E-state index in [0.29, 0.717) is 0 Å². The van der Waals surface area contributed by atoms with Gasteiger partial charge in [-0.3, -0.25) is 0 Å². The van der Waals surface area contributed by atoms with Crippen LogP contribution in [-0.2, 0) is 0 Å². The Morgan fingerprint density at radius 1 is 0.722 bits per heavy atom. The second-order valence-electron chi connectivity index (χ2n) is 4.32. The molecule has 0 N–H and O–H groups in total. The van der Waals surface area contributed by atoms with E-state index in [9.17, 15) is 0 Å². The van der Waals surface area contributed by atoms with Gasteiger partial charge in [0.2, 0.25) is 0 Å². The van der Waals surface area contributed by atoms with Crippen molar-refractivity contribution in [2.24, 2.45) is 11.8 Å². The molecule has 0 heterocycles. The van der Waals surface area contributed by atoms with Gasteiger partial charge < -0.3 is 0 Å². The summed E-state index contributed by atoms with van der Waals surface area (Å²) in [7, 11) is 0. The van der Waals surface area contributed by atoms with E-state index in [1.165, 1.54) is 25.7 Å². The highest BCUT2D eigenvalue weighted by Gasteiger charge is 2.03. The summed E-state index contributed by atoms with van der Waals surface area (Å²) in [6.07, 6.45) is 9.57. The molecule has 18 heavy (non-hydrogen) atoms. The highest BCUT2D eigenvalue weighted by atomic mass is 14.1. The predicted octanol–water partition coefficient (Wildman–Crippen LogP) is 7.49. The van der Waals surface area contributed by atoms with Crippen LogP contribution in [0.15, 0.2) is 12.2 Å². The first-order valence-corrected chi connectivity index (χ1v) is 8.19. The predicted molar refractivity (Wildman–Crippen MR) is 91.3 cm³/mol. The smallest absolute Gasteiger partial charge is 0.0419 e. The van der Waals surface area contributed by atoms with E-state index in [2.05, 4.69) is 27.7 Å². The maximum Gasteiger partial charge on any atom is -0.0419 e. The molecule has 0 fully saturated rings. The molecule has 0 radical (unpaired) electrons. The molecule has 0 rings (SSSR count). The summed E-state index contributed by atoms with van der Waals surface area (Å²) in [5.41, 5.74) is 0. The molecule has 0 aliphatic heterocycles. The zero-order valence-corrected chi connectivity index (χ0v) is 15.1. The molecule has 114 valence electrons. The molecule has 0 atom stereocenters. The van der Waals surface area contributed by atoms with Crippen molar-refractivity contribution in [3.63, 3.8) is 0 Å². The van der Waals surface area contributed by atoms with Crippen LogP contribution in [0, 0.1) is 11.8 Å². The van der Waals surface area contributed by atoms with Gasteiger partial charge in [0.1, 0.15) is 0 Å². The number of hydrogen-bond donors (Lipinski definition) is 0. The SMILES string of the molecule is C/C=C\C.CC.CC.CCC(CC)CCC(C)C. The van der Waals surface area contributed by atoms with Crippen molar-refractivity contribution in [3.8, 4) is 0 Å². The van der Waals surface area contributed by atoms with E-state index in [1.54, 1.807) is 0 Å². The van der Waals surface area contributed by atoms with E-state index in [4.69, 9.17) is 0 Å². The molecule has 0 saturated heterocycles. The number of rotatable bonds is 5. The molecule has 0 aliphatic carbocycles. The number of allylic oxidation sites excluding steroid dienone is 2. The summed E-state index contributed by atoms with van der Waals surface area (Å²) < 4.78 is 0. The number of hydrogen-bond acceptors (Lipinski definition) is 0. The standard InChI is InChI=1S/C10H22.C4H8.2C2H6/c1-5-10(6-2)8-7-9(3)4;1-3-4-2;2*1-2/h9-10H,5-8H2,1-4H3;3-4H,1-2H3;2*1-2H3/b;4-3-;;. The van der Waals surface area contributed by atoms with Crippen molar-refractivity contribution >= 4 is 0 Å². The average molecular weight is 259 g/mol. The molecule has 0 amide bonds. The molecular weight excluding hydrogens is 216 g/mol. The third-order valence-electron chi connectivity index (χ3n) is 2.64. The molecule has 0 saturated carbocycles. The maximum absolute atomic E-state index is 2.31. The van der Waals surface area contributed by atoms with Crippen molar-refractivity contribution in [2.45, 2.75) is 94.9 Å². The fourth-order valence-corrected chi connectivity index (χ4v) is 1.27. The van der Waals surface area contributed by atoms with E-state index < -0.39 is 0 Å². The molecule has 0 heteroatoms. The monoisotopic (exact) mass is 258 g/mol. The van der Waals surface area contributed by atoms with Gasteiger partial charge in [0, 0.05) is 0 Å². The van der Waals surface area contributed by atoms with Gasteiger partial charge in [0.15, 0.2) is 0 Å². The van der Waals surface area contributed by atoms with E-state index in [0.717, 1.165) is 11.8 Å². The minimum atomic E-state index is 0.889. The minimum Gasteiger partial charge on any atom is -0.0919 e. The fourth-order valence-electron chi connectivity index (χ4n) is 1.27. The van der Waals surface area contributed by atoms with Gasteiger partial charge in [-0.2, -0.15) is 0 Å². The van der Waals surface area contributed by atoms with E-state index in [-0.39, 0.29) is 0 Å². The Morgan fingerprint density at radius 3 is 1.22 bits per heavy atom. The minimum absolute atomic E-state index is 0.889. The van der Waals surface area contributed by atoms with Crippen molar-refractivity contribution in [3.05, 3.63) is 12.2 Å². The zero-order valence-electron chi connectivity index (χ0n) is 15.1. The summed E-state index contributed by atoms with van der Waals surface area (Å²) in [5, 5.41) is 0. The second kappa shape index (κ2) is 30.1. The molecule has 0 spiro atoms. The summed E-state index contributed by atoms with van der Waals surface area (Å²) in [4.78, 5) is 0. The largest absolute Gasteiger partial charge is 0.0919 e. The van der Waals surface area contributed by atoms with Gasteiger partial charge in [-0.15, -0.1) is 0 Å². The fraction of sp³-hybridized carbons (Fsp3) is 0.889. The molecule has 0 aromatic rings. The lowest BCUT2D eigenvalue weighted by molar-refractivity contribution is 0.403. The molecule has 0 nitrogen and oxygen atoms in total. The molecular formula is C18H42. The summed E-state index contributed by atoms with van der Waals surface area (Å²) in [6.45, 7) is 21.2. The molecule has 0 bridgehead atoms. The van der Waals surface area contributed by atoms with Gasteiger partial charge in [-0.1, -0.05) is 93.2 Å². The van der Waals surface area contributed by atoms with Gasteiger partial charge in [-0.05, 0) is 25.7 Å². The van der Waals surface area contributed by atoms with Gasteiger partial charge in [0.05, 0.1) is 0 Å². The summed E-state index contributed by atoms with van der Waals surface area (Å²) >= 11 is 0. The van der Waals surface area contributed by atoms with Crippen LogP contribution in [0.1, 0.15) is 94.9 Å². The Bertz CT molecular complexity index is 103. The van der Waals surface area contributed by atoms with Crippen LogP contribution in [0.25, 0.3) is 0 Å². The maximum atomic E-state index is 2.31. The van der Waals surface area contributed by atoms with Crippen molar-refractivity contribution < 1.29 is 0 Å². The Labute approximate surface area is 119 Å². The van der Waals surface area contributed by atoms with Crippen LogP contribution >= 0.6 is 0 Å². The highest BCUT2D eigenvalue weighted by molar-refractivity contribution is 4.68. The molecule has 0 aromatic heterocycles. The van der Waals surface area contributed by atoms with Crippen LogP contribution in [0.3, 0.4) is 0 Å². The molecule has 0 aliphatic rings. The van der Waals surface area contributed by atoms with Crippen molar-refractivity contribution in [2.75, 3.05) is 0 Å². The van der Waals surface area contributed by atoms with Crippen molar-refractivity contribution in [1.82, 2.24) is 0 Å². The van der Waals surface area contributed by atoms with Gasteiger partial charge >= 0.3 is 0 Å². The summed E-state index contributed by atoms with van der Waals surface area (Å²) in [5.74, 6) is 1.88. The van der Waals surface area contributed by atoms with Gasteiger partial charge in [-0.25, -0.2) is 0 Å². The Balaban J connectivity index is -0.000000102. The zero-order chi connectivity index (χ0) is 15.4. The molecule has 0 unspecified atom stereocenters. The first kappa shape index (κ1) is 26.3. The highest BCUT2D eigenvalue weighted by Crippen LogP contribution is 2.17. The van der Waals surface area contributed by atoms with E-state index in [1.807, 2.05) is 53.7 Å². The Morgan fingerprint density at radius 2 is 1.06 bits per heavy atom. The molecule has 0 aromatic carbocycles. The summed E-state index contributed by atoms with van der Waals surface area (Å²) in [6, 6.07) is 0. The van der Waals surface area contributed by atoms with Crippen LogP contribution in [-0.4, -0.2) is 0 Å². The lowest BCUT2D eigenvalue weighted by Crippen LogP contribution is -1.98. The lowest BCUT2D eigenvalue weighted by Gasteiger charge is -2.12.